The smallest absolute Gasteiger partial charge is 0.201 e. The SMILES string of the molecule is COc1ccc(C(c2ccc(OCCl)cc2)C(Cl)(Cl)Cl)cc1. The predicted molar refractivity (Wildman–Crippen MR) is 92.9 cm³/mol. The molecule has 0 amide bonds. The van der Waals surface area contributed by atoms with Crippen LogP contribution in [-0.4, -0.2) is 17.0 Å². The highest BCUT2D eigenvalue weighted by Crippen LogP contribution is 2.46. The summed E-state index contributed by atoms with van der Waals surface area (Å²) in [6.45, 7) is 0. The van der Waals surface area contributed by atoms with Crippen molar-refractivity contribution in [3.63, 3.8) is 0 Å². The van der Waals surface area contributed by atoms with Crippen LogP contribution in [0.3, 0.4) is 0 Å². The Morgan fingerprint density at radius 2 is 1.32 bits per heavy atom. The number of benzene rings is 2. The summed E-state index contributed by atoms with van der Waals surface area (Å²) in [5, 5.41) is 0. The van der Waals surface area contributed by atoms with Gasteiger partial charge in [-0.25, -0.2) is 0 Å². The second-order valence-electron chi connectivity index (χ2n) is 4.57. The van der Waals surface area contributed by atoms with Gasteiger partial charge in [-0.2, -0.15) is 0 Å². The highest BCUT2D eigenvalue weighted by Gasteiger charge is 2.35. The van der Waals surface area contributed by atoms with Crippen LogP contribution in [0.1, 0.15) is 17.0 Å². The monoisotopic (exact) mass is 378 g/mol. The largest absolute Gasteiger partial charge is 0.497 e. The number of methoxy groups -OCH3 is 1. The van der Waals surface area contributed by atoms with Gasteiger partial charge in [-0.3, -0.25) is 0 Å². The van der Waals surface area contributed by atoms with Gasteiger partial charge in [0.25, 0.3) is 0 Å². The van der Waals surface area contributed by atoms with E-state index in [1.54, 1.807) is 19.2 Å². The molecule has 0 saturated carbocycles. The summed E-state index contributed by atoms with van der Waals surface area (Å²) in [5.74, 6) is 1.00. The molecular formula is C16H14Cl4O2. The highest BCUT2D eigenvalue weighted by atomic mass is 35.6. The Morgan fingerprint density at radius 1 is 0.864 bits per heavy atom. The molecule has 0 aliphatic rings. The van der Waals surface area contributed by atoms with E-state index in [-0.39, 0.29) is 6.07 Å². The summed E-state index contributed by atoms with van der Waals surface area (Å²) in [7, 11) is 1.61. The zero-order valence-electron chi connectivity index (χ0n) is 11.7. The third kappa shape index (κ3) is 4.36. The maximum absolute atomic E-state index is 6.19. The molecule has 2 nitrogen and oxygen atoms in total. The molecule has 2 rings (SSSR count). The van der Waals surface area contributed by atoms with E-state index < -0.39 is 9.71 Å². The Morgan fingerprint density at radius 3 is 1.68 bits per heavy atom. The van der Waals surface area contributed by atoms with E-state index in [0.29, 0.717) is 5.75 Å². The van der Waals surface area contributed by atoms with E-state index >= 15 is 0 Å². The van der Waals surface area contributed by atoms with Crippen molar-refractivity contribution in [1.29, 1.82) is 0 Å². The van der Waals surface area contributed by atoms with Gasteiger partial charge in [-0.05, 0) is 35.4 Å². The topological polar surface area (TPSA) is 18.5 Å². The summed E-state index contributed by atoms with van der Waals surface area (Å²) in [6, 6.07) is 14.8. The van der Waals surface area contributed by atoms with E-state index in [1.165, 1.54) is 0 Å². The lowest BCUT2D eigenvalue weighted by Crippen LogP contribution is -2.18. The molecule has 6 heteroatoms. The standard InChI is InChI=1S/C16H14Cl4O2/c1-21-13-6-2-11(3-7-13)15(16(18,19)20)12-4-8-14(9-5-12)22-10-17/h2-9,15H,10H2,1H3. The number of hydrogen-bond donors (Lipinski definition) is 0. The Labute approximate surface area is 149 Å². The Bertz CT molecular complexity index is 591. The minimum atomic E-state index is -1.48. The Balaban J connectivity index is 2.37. The maximum atomic E-state index is 6.19. The molecule has 0 fully saturated rings. The second kappa shape index (κ2) is 7.65. The van der Waals surface area contributed by atoms with E-state index in [0.717, 1.165) is 16.9 Å². The average Bonchev–Trinajstić information content (AvgIpc) is 2.49. The van der Waals surface area contributed by atoms with Crippen LogP contribution < -0.4 is 9.47 Å². The normalized spacial score (nSPS) is 12.8. The Hall–Kier alpha value is -0.800. The van der Waals surface area contributed by atoms with Crippen LogP contribution in [0.15, 0.2) is 48.5 Å². The Kier molecular flexibility index (Phi) is 6.10. The molecule has 1 unspecified atom stereocenters. The number of hydrogen-bond acceptors (Lipinski definition) is 2. The van der Waals surface area contributed by atoms with Crippen LogP contribution in [0.4, 0.5) is 0 Å². The van der Waals surface area contributed by atoms with Crippen LogP contribution in [0.2, 0.25) is 0 Å². The molecule has 0 aliphatic heterocycles. The van der Waals surface area contributed by atoms with Crippen molar-refractivity contribution >= 4 is 46.4 Å². The lowest BCUT2D eigenvalue weighted by Gasteiger charge is -2.25. The fourth-order valence-corrected chi connectivity index (χ4v) is 3.07. The molecule has 0 spiro atoms. The van der Waals surface area contributed by atoms with E-state index in [2.05, 4.69) is 0 Å². The lowest BCUT2D eigenvalue weighted by molar-refractivity contribution is 0.388. The number of rotatable bonds is 5. The van der Waals surface area contributed by atoms with Crippen LogP contribution in [0.5, 0.6) is 11.5 Å². The molecule has 2 aromatic carbocycles. The summed E-state index contributed by atoms with van der Waals surface area (Å²) in [4.78, 5) is 0. The van der Waals surface area contributed by atoms with Gasteiger partial charge in [0.15, 0.2) is 6.07 Å². The molecule has 0 radical (unpaired) electrons. The van der Waals surface area contributed by atoms with Gasteiger partial charge in [0.05, 0.1) is 13.0 Å². The van der Waals surface area contributed by atoms with E-state index in [4.69, 9.17) is 55.9 Å². The number of ether oxygens (including phenoxy) is 2. The molecule has 0 N–H and O–H groups in total. The molecule has 0 aromatic heterocycles. The van der Waals surface area contributed by atoms with Gasteiger partial charge >= 0.3 is 0 Å². The fourth-order valence-electron chi connectivity index (χ4n) is 2.19. The molecule has 0 saturated heterocycles. The number of halogens is 4. The maximum Gasteiger partial charge on any atom is 0.201 e. The van der Waals surface area contributed by atoms with Gasteiger partial charge in [0.2, 0.25) is 3.79 Å². The molecule has 1 atom stereocenters. The van der Waals surface area contributed by atoms with Crippen LogP contribution >= 0.6 is 46.4 Å². The van der Waals surface area contributed by atoms with Gasteiger partial charge in [0, 0.05) is 0 Å². The van der Waals surface area contributed by atoms with Gasteiger partial charge in [0.1, 0.15) is 11.5 Å². The summed E-state index contributed by atoms with van der Waals surface area (Å²) in [5.41, 5.74) is 1.75. The van der Waals surface area contributed by atoms with Gasteiger partial charge < -0.3 is 9.47 Å². The third-order valence-electron chi connectivity index (χ3n) is 3.21. The molecule has 0 bridgehead atoms. The van der Waals surface area contributed by atoms with Crippen LogP contribution in [0.25, 0.3) is 0 Å². The molecule has 0 heterocycles. The zero-order chi connectivity index (χ0) is 16.2. The third-order valence-corrected chi connectivity index (χ3v) is 3.97. The first-order valence-corrected chi connectivity index (χ1v) is 8.12. The van der Waals surface area contributed by atoms with Gasteiger partial charge in [-0.15, -0.1) is 0 Å². The van der Waals surface area contributed by atoms with Crippen LogP contribution in [-0.2, 0) is 0 Å². The molecule has 2 aromatic rings. The summed E-state index contributed by atoms with van der Waals surface area (Å²) < 4.78 is 8.88. The predicted octanol–water partition coefficient (Wildman–Crippen LogP) is 5.77. The van der Waals surface area contributed by atoms with Gasteiger partial charge in [-0.1, -0.05) is 70.7 Å². The molecule has 0 aliphatic carbocycles. The van der Waals surface area contributed by atoms with E-state index in [9.17, 15) is 0 Å². The lowest BCUT2D eigenvalue weighted by atomic mass is 9.92. The quantitative estimate of drug-likeness (QED) is 0.613. The average molecular weight is 380 g/mol. The van der Waals surface area contributed by atoms with Crippen molar-refractivity contribution in [3.8, 4) is 11.5 Å². The number of alkyl halides is 4. The first kappa shape index (κ1) is 17.6. The van der Waals surface area contributed by atoms with Crippen molar-refractivity contribution in [3.05, 3.63) is 59.7 Å². The van der Waals surface area contributed by atoms with E-state index in [1.807, 2.05) is 36.4 Å². The zero-order valence-corrected chi connectivity index (χ0v) is 14.8. The first-order chi connectivity index (χ1) is 10.5. The van der Waals surface area contributed by atoms with Crippen molar-refractivity contribution in [1.82, 2.24) is 0 Å². The van der Waals surface area contributed by atoms with Crippen molar-refractivity contribution in [2.75, 3.05) is 13.2 Å². The minimum absolute atomic E-state index is 0.0890. The minimum Gasteiger partial charge on any atom is -0.497 e. The summed E-state index contributed by atoms with van der Waals surface area (Å²) in [6.07, 6.45) is 0. The van der Waals surface area contributed by atoms with Crippen LogP contribution in [0, 0.1) is 0 Å². The fraction of sp³-hybridized carbons (Fsp3) is 0.250. The van der Waals surface area contributed by atoms with Crippen molar-refractivity contribution in [2.24, 2.45) is 0 Å². The molecule has 118 valence electrons. The highest BCUT2D eigenvalue weighted by molar-refractivity contribution is 6.68. The second-order valence-corrected chi connectivity index (χ2v) is 7.16. The van der Waals surface area contributed by atoms with Crippen molar-refractivity contribution in [2.45, 2.75) is 9.71 Å². The summed E-state index contributed by atoms with van der Waals surface area (Å²) >= 11 is 24.1. The molecule has 22 heavy (non-hydrogen) atoms. The molecular weight excluding hydrogens is 366 g/mol. The first-order valence-electron chi connectivity index (χ1n) is 6.45. The van der Waals surface area contributed by atoms with Crippen molar-refractivity contribution < 1.29 is 9.47 Å².